The number of aromatic amines is 1. The molecular formula is C17H16N6O2. The highest BCUT2D eigenvalue weighted by atomic mass is 16.3. The van der Waals surface area contributed by atoms with E-state index in [1.165, 1.54) is 0 Å². The Balaban J connectivity index is 1.55. The van der Waals surface area contributed by atoms with Crippen molar-refractivity contribution in [2.45, 2.75) is 30.8 Å². The van der Waals surface area contributed by atoms with Gasteiger partial charge >= 0.3 is 0 Å². The number of nitrogens with zero attached hydrogens (tertiary/aromatic N) is 3. The average Bonchev–Trinajstić information content (AvgIpc) is 3.01. The van der Waals surface area contributed by atoms with E-state index in [1.54, 1.807) is 12.4 Å². The Bertz CT molecular complexity index is 965. The first-order valence-electron chi connectivity index (χ1n) is 7.97. The summed E-state index contributed by atoms with van der Waals surface area (Å²) in [6, 6.07) is 6.90. The molecule has 0 radical (unpaired) electrons. The van der Waals surface area contributed by atoms with E-state index in [2.05, 4.69) is 26.6 Å². The number of hydrogen-bond acceptors (Lipinski definition) is 6. The van der Waals surface area contributed by atoms with Crippen LogP contribution < -0.4 is 11.1 Å². The summed E-state index contributed by atoms with van der Waals surface area (Å²) < 4.78 is 5.73. The van der Waals surface area contributed by atoms with Gasteiger partial charge in [-0.05, 0) is 18.9 Å². The van der Waals surface area contributed by atoms with Gasteiger partial charge in [0, 0.05) is 23.7 Å². The smallest absolute Gasteiger partial charge is 0.238 e. The number of nitrogens with one attached hydrogen (secondary N) is 2. The fourth-order valence-corrected chi connectivity index (χ4v) is 2.71. The number of benzene rings is 1. The van der Waals surface area contributed by atoms with Crippen molar-refractivity contribution in [3.8, 4) is 17.2 Å². The maximum absolute atomic E-state index is 12.2. The minimum absolute atomic E-state index is 0.160. The molecule has 1 atom stereocenters. The lowest BCUT2D eigenvalue weighted by Gasteiger charge is -2.13. The van der Waals surface area contributed by atoms with Gasteiger partial charge in [0.2, 0.25) is 5.91 Å². The largest absolute Gasteiger partial charge is 0.441 e. The van der Waals surface area contributed by atoms with E-state index in [9.17, 15) is 4.79 Å². The van der Waals surface area contributed by atoms with Crippen molar-refractivity contribution < 1.29 is 9.21 Å². The lowest BCUT2D eigenvalue weighted by Crippen LogP contribution is -2.47. The summed E-state index contributed by atoms with van der Waals surface area (Å²) in [7, 11) is 0. The Kier molecular flexibility index (Phi) is 3.51. The lowest BCUT2D eigenvalue weighted by molar-refractivity contribution is -0.123. The van der Waals surface area contributed by atoms with Gasteiger partial charge in [0.15, 0.2) is 11.5 Å². The molecule has 0 aliphatic heterocycles. The standard InChI is InChI=1S/C17H16N6O2/c18-9-17(4-5-17)23-16(24)12(19)6-14-22-15-11(10-7-20-21-8-10)2-1-3-13(15)25-14/h1-3,7-8,12H,4-6,19H2,(H,20,21)(H,23,24)/t12-/m0/s1. The second-order valence-corrected chi connectivity index (χ2v) is 6.24. The first-order chi connectivity index (χ1) is 12.1. The third kappa shape index (κ3) is 2.86. The minimum Gasteiger partial charge on any atom is -0.441 e. The normalized spacial score (nSPS) is 16.3. The maximum Gasteiger partial charge on any atom is 0.238 e. The van der Waals surface area contributed by atoms with Gasteiger partial charge in [-0.25, -0.2) is 4.98 Å². The summed E-state index contributed by atoms with van der Waals surface area (Å²) in [5, 5.41) is 18.5. The molecule has 0 unspecified atom stereocenters. The van der Waals surface area contributed by atoms with E-state index >= 15 is 0 Å². The number of nitrogens with two attached hydrogens (primary N) is 1. The molecular weight excluding hydrogens is 320 g/mol. The number of oxazole rings is 1. The molecule has 3 aromatic rings. The van der Waals surface area contributed by atoms with Crippen LogP contribution in [0.1, 0.15) is 18.7 Å². The second kappa shape index (κ2) is 5.72. The molecule has 1 aliphatic carbocycles. The summed E-state index contributed by atoms with van der Waals surface area (Å²) >= 11 is 0. The van der Waals surface area contributed by atoms with Crippen LogP contribution in [0.4, 0.5) is 0 Å². The summed E-state index contributed by atoms with van der Waals surface area (Å²) in [5.41, 5.74) is 8.33. The molecule has 4 rings (SSSR count). The van der Waals surface area contributed by atoms with Crippen molar-refractivity contribution in [3.05, 3.63) is 36.5 Å². The zero-order chi connectivity index (χ0) is 17.4. The second-order valence-electron chi connectivity index (χ2n) is 6.24. The number of para-hydroxylation sites is 1. The van der Waals surface area contributed by atoms with Crippen LogP contribution in [-0.4, -0.2) is 32.7 Å². The molecule has 1 saturated carbocycles. The van der Waals surface area contributed by atoms with Gasteiger partial charge in [0.05, 0.1) is 18.3 Å². The van der Waals surface area contributed by atoms with E-state index in [0.29, 0.717) is 29.8 Å². The molecule has 2 heterocycles. The molecule has 4 N–H and O–H groups in total. The Morgan fingerprint density at radius 1 is 1.52 bits per heavy atom. The van der Waals surface area contributed by atoms with Crippen LogP contribution in [0.5, 0.6) is 0 Å². The Labute approximate surface area is 143 Å². The molecule has 1 aliphatic rings. The number of amides is 1. The quantitative estimate of drug-likeness (QED) is 0.642. The predicted octanol–water partition coefficient (Wildman–Crippen LogP) is 1.26. The van der Waals surface area contributed by atoms with Crippen LogP contribution in [0.25, 0.3) is 22.2 Å². The van der Waals surface area contributed by atoms with Crippen LogP contribution in [0.2, 0.25) is 0 Å². The van der Waals surface area contributed by atoms with Crippen molar-refractivity contribution in [3.63, 3.8) is 0 Å². The van der Waals surface area contributed by atoms with Gasteiger partial charge in [-0.2, -0.15) is 10.4 Å². The predicted molar refractivity (Wildman–Crippen MR) is 89.0 cm³/mol. The van der Waals surface area contributed by atoms with Crippen molar-refractivity contribution in [2.24, 2.45) is 5.73 Å². The third-order valence-corrected chi connectivity index (χ3v) is 4.33. The van der Waals surface area contributed by atoms with Gasteiger partial charge in [0.25, 0.3) is 0 Å². The van der Waals surface area contributed by atoms with E-state index in [0.717, 1.165) is 11.1 Å². The number of H-pyrrole nitrogens is 1. The Morgan fingerprint density at radius 2 is 2.36 bits per heavy atom. The summed E-state index contributed by atoms with van der Waals surface area (Å²) in [6.07, 6.45) is 4.98. The fourth-order valence-electron chi connectivity index (χ4n) is 2.71. The van der Waals surface area contributed by atoms with Gasteiger partial charge in [-0.15, -0.1) is 0 Å². The van der Waals surface area contributed by atoms with Crippen LogP contribution in [0.15, 0.2) is 35.0 Å². The fraction of sp³-hybridized carbons (Fsp3) is 0.294. The number of aromatic nitrogens is 3. The van der Waals surface area contributed by atoms with E-state index in [-0.39, 0.29) is 12.3 Å². The van der Waals surface area contributed by atoms with Crippen LogP contribution in [0.3, 0.4) is 0 Å². The monoisotopic (exact) mass is 336 g/mol. The summed E-state index contributed by atoms with van der Waals surface area (Å²) in [4.78, 5) is 16.7. The molecule has 8 heteroatoms. The molecule has 0 bridgehead atoms. The lowest BCUT2D eigenvalue weighted by atomic mass is 10.1. The number of hydrogen-bond donors (Lipinski definition) is 3. The zero-order valence-corrected chi connectivity index (χ0v) is 13.3. The first-order valence-corrected chi connectivity index (χ1v) is 7.97. The Morgan fingerprint density at radius 3 is 3.04 bits per heavy atom. The molecule has 1 fully saturated rings. The number of carbonyl (C=O) groups is 1. The molecule has 2 aromatic heterocycles. The number of nitriles is 1. The molecule has 1 amide bonds. The van der Waals surface area contributed by atoms with E-state index in [1.807, 2.05) is 18.2 Å². The van der Waals surface area contributed by atoms with Crippen LogP contribution in [0, 0.1) is 11.3 Å². The molecule has 0 saturated heterocycles. The van der Waals surface area contributed by atoms with Crippen molar-refractivity contribution in [1.29, 1.82) is 5.26 Å². The van der Waals surface area contributed by atoms with Gasteiger partial charge in [0.1, 0.15) is 11.1 Å². The van der Waals surface area contributed by atoms with Gasteiger partial charge in [-0.3, -0.25) is 9.89 Å². The summed E-state index contributed by atoms with van der Waals surface area (Å²) in [6.45, 7) is 0. The zero-order valence-electron chi connectivity index (χ0n) is 13.3. The van der Waals surface area contributed by atoms with Crippen molar-refractivity contribution >= 4 is 17.0 Å². The SMILES string of the molecule is N#CC1(NC(=O)[C@@H](N)Cc2nc3c(-c4cn[nH]c4)cccc3o2)CC1. The number of fused-ring (bicyclic) bond motifs is 1. The topological polar surface area (TPSA) is 134 Å². The number of carbonyl (C=O) groups excluding carboxylic acids is 1. The molecule has 126 valence electrons. The first kappa shape index (κ1) is 15.4. The van der Waals surface area contributed by atoms with E-state index in [4.69, 9.17) is 15.4 Å². The van der Waals surface area contributed by atoms with Gasteiger partial charge < -0.3 is 15.5 Å². The summed E-state index contributed by atoms with van der Waals surface area (Å²) in [5.74, 6) is 0.0202. The number of rotatable bonds is 5. The van der Waals surface area contributed by atoms with E-state index < -0.39 is 11.6 Å². The highest BCUT2D eigenvalue weighted by Gasteiger charge is 2.45. The molecule has 8 nitrogen and oxygen atoms in total. The van der Waals surface area contributed by atoms with Crippen molar-refractivity contribution in [2.75, 3.05) is 0 Å². The highest BCUT2D eigenvalue weighted by molar-refractivity contribution is 5.90. The molecule has 0 spiro atoms. The van der Waals surface area contributed by atoms with Crippen molar-refractivity contribution in [1.82, 2.24) is 20.5 Å². The van der Waals surface area contributed by atoms with Crippen LogP contribution >= 0.6 is 0 Å². The molecule has 25 heavy (non-hydrogen) atoms. The van der Waals surface area contributed by atoms with Gasteiger partial charge in [-0.1, -0.05) is 12.1 Å². The maximum atomic E-state index is 12.2. The third-order valence-electron chi connectivity index (χ3n) is 4.33. The molecule has 1 aromatic carbocycles. The average molecular weight is 336 g/mol. The highest BCUT2D eigenvalue weighted by Crippen LogP contribution is 2.34. The van der Waals surface area contributed by atoms with Crippen LogP contribution in [-0.2, 0) is 11.2 Å². The Hall–Kier alpha value is -3.18. The minimum atomic E-state index is -0.823.